The standard InChI is InChI=1S/C14H14BrClN4OS2/c1-6(17)12(21)14-10(15)11-13(23-14)7(4-8(16)20-11)19-5-9-18-2-3-22-9/h2-4,6,12,21H,5,17H2,1H3,(H,19,20)/t6-,12?/m0/s1. The Labute approximate surface area is 154 Å². The molecule has 3 aromatic heterocycles. The second-order valence-corrected chi connectivity index (χ2v) is 8.25. The van der Waals surface area contributed by atoms with Gasteiger partial charge in [-0.15, -0.1) is 22.7 Å². The van der Waals surface area contributed by atoms with E-state index in [1.807, 2.05) is 5.38 Å². The highest BCUT2D eigenvalue weighted by Gasteiger charge is 2.23. The molecule has 5 nitrogen and oxygen atoms in total. The van der Waals surface area contributed by atoms with Crippen LogP contribution in [0.3, 0.4) is 0 Å². The van der Waals surface area contributed by atoms with Crippen molar-refractivity contribution in [3.63, 3.8) is 0 Å². The molecule has 0 spiro atoms. The van der Waals surface area contributed by atoms with Crippen LogP contribution in [0.25, 0.3) is 10.2 Å². The molecule has 3 heterocycles. The number of thiazole rings is 1. The van der Waals surface area contributed by atoms with Crippen molar-refractivity contribution in [2.75, 3.05) is 5.32 Å². The molecule has 0 fully saturated rings. The molecule has 0 amide bonds. The van der Waals surface area contributed by atoms with Gasteiger partial charge in [-0.2, -0.15) is 0 Å². The summed E-state index contributed by atoms with van der Waals surface area (Å²) in [5.74, 6) is 0. The predicted octanol–water partition coefficient (Wildman–Crippen LogP) is 4.16. The van der Waals surface area contributed by atoms with Gasteiger partial charge in [0.1, 0.15) is 16.3 Å². The fourth-order valence-electron chi connectivity index (χ4n) is 2.10. The molecular weight excluding hydrogens is 420 g/mol. The number of nitrogens with zero attached hydrogens (tertiary/aromatic N) is 2. The van der Waals surface area contributed by atoms with Crippen LogP contribution in [0, 0.1) is 0 Å². The maximum Gasteiger partial charge on any atom is 0.131 e. The number of pyridine rings is 1. The van der Waals surface area contributed by atoms with Gasteiger partial charge in [0.2, 0.25) is 0 Å². The van der Waals surface area contributed by atoms with Crippen molar-refractivity contribution in [3.8, 4) is 0 Å². The highest BCUT2D eigenvalue weighted by Crippen LogP contribution is 2.43. The van der Waals surface area contributed by atoms with Gasteiger partial charge in [0.15, 0.2) is 0 Å². The van der Waals surface area contributed by atoms with Crippen LogP contribution in [0.4, 0.5) is 5.69 Å². The number of thiophene rings is 1. The average molecular weight is 434 g/mol. The summed E-state index contributed by atoms with van der Waals surface area (Å²) in [6, 6.07) is 1.41. The van der Waals surface area contributed by atoms with Gasteiger partial charge in [-0.3, -0.25) is 0 Å². The number of hydrogen-bond donors (Lipinski definition) is 3. The monoisotopic (exact) mass is 432 g/mol. The quantitative estimate of drug-likeness (QED) is 0.526. The zero-order chi connectivity index (χ0) is 16.6. The lowest BCUT2D eigenvalue weighted by molar-refractivity contribution is 0.156. The summed E-state index contributed by atoms with van der Waals surface area (Å²) >= 11 is 12.7. The number of anilines is 1. The Morgan fingerprint density at radius 3 is 2.96 bits per heavy atom. The van der Waals surface area contributed by atoms with E-state index in [2.05, 4.69) is 31.2 Å². The van der Waals surface area contributed by atoms with Gasteiger partial charge in [-0.05, 0) is 22.9 Å². The number of aliphatic hydroxyl groups excluding tert-OH is 1. The Kier molecular flexibility index (Phi) is 5.19. The van der Waals surface area contributed by atoms with Crippen molar-refractivity contribution in [2.24, 2.45) is 5.73 Å². The number of aromatic nitrogens is 2. The molecule has 3 aromatic rings. The van der Waals surface area contributed by atoms with Crippen molar-refractivity contribution in [1.82, 2.24) is 9.97 Å². The van der Waals surface area contributed by atoms with Crippen molar-refractivity contribution in [3.05, 3.63) is 37.2 Å². The number of nitrogens with one attached hydrogen (secondary N) is 1. The number of nitrogens with two attached hydrogens (primary N) is 1. The van der Waals surface area contributed by atoms with E-state index in [4.69, 9.17) is 17.3 Å². The summed E-state index contributed by atoms with van der Waals surface area (Å²) in [4.78, 5) is 9.37. The van der Waals surface area contributed by atoms with Crippen LogP contribution in [-0.4, -0.2) is 21.1 Å². The fraction of sp³-hybridized carbons (Fsp3) is 0.286. The maximum atomic E-state index is 10.3. The van der Waals surface area contributed by atoms with Gasteiger partial charge in [-0.25, -0.2) is 9.97 Å². The minimum absolute atomic E-state index is 0.374. The topological polar surface area (TPSA) is 84.1 Å². The van der Waals surface area contributed by atoms with Crippen LogP contribution in [0.15, 0.2) is 22.1 Å². The molecule has 0 saturated carbocycles. The molecule has 1 unspecified atom stereocenters. The average Bonchev–Trinajstić information content (AvgIpc) is 3.13. The Balaban J connectivity index is 2.02. The van der Waals surface area contributed by atoms with E-state index >= 15 is 0 Å². The Morgan fingerprint density at radius 1 is 1.52 bits per heavy atom. The van der Waals surface area contributed by atoms with Crippen LogP contribution < -0.4 is 11.1 Å². The first-order valence-electron chi connectivity index (χ1n) is 6.81. The van der Waals surface area contributed by atoms with E-state index in [9.17, 15) is 5.11 Å². The molecule has 0 aliphatic heterocycles. The first-order chi connectivity index (χ1) is 11.0. The first-order valence-corrected chi connectivity index (χ1v) is 9.68. The molecule has 2 atom stereocenters. The number of rotatable bonds is 5. The molecule has 3 rings (SSSR count). The summed E-state index contributed by atoms with van der Waals surface area (Å²) in [5, 5.41) is 16.9. The lowest BCUT2D eigenvalue weighted by Crippen LogP contribution is -2.23. The Morgan fingerprint density at radius 2 is 2.30 bits per heavy atom. The minimum Gasteiger partial charge on any atom is -0.386 e. The smallest absolute Gasteiger partial charge is 0.131 e. The molecule has 4 N–H and O–H groups in total. The zero-order valence-electron chi connectivity index (χ0n) is 12.1. The second-order valence-electron chi connectivity index (χ2n) is 5.03. The molecule has 0 radical (unpaired) electrons. The van der Waals surface area contributed by atoms with Crippen molar-refractivity contribution < 1.29 is 5.11 Å². The van der Waals surface area contributed by atoms with Gasteiger partial charge in [0.25, 0.3) is 0 Å². The molecule has 0 bridgehead atoms. The largest absolute Gasteiger partial charge is 0.386 e. The van der Waals surface area contributed by atoms with Crippen molar-refractivity contribution in [1.29, 1.82) is 0 Å². The third-order valence-corrected chi connectivity index (χ3v) is 6.58. The van der Waals surface area contributed by atoms with Crippen LogP contribution in [0.5, 0.6) is 0 Å². The highest BCUT2D eigenvalue weighted by atomic mass is 79.9. The third-order valence-electron chi connectivity index (χ3n) is 3.26. The highest BCUT2D eigenvalue weighted by molar-refractivity contribution is 9.10. The summed E-state index contributed by atoms with van der Waals surface area (Å²) in [6.45, 7) is 2.37. The number of fused-ring (bicyclic) bond motifs is 1. The molecule has 0 aromatic carbocycles. The summed E-state index contributed by atoms with van der Waals surface area (Å²) in [5.41, 5.74) is 7.40. The zero-order valence-corrected chi connectivity index (χ0v) is 16.1. The fourth-order valence-corrected chi connectivity index (χ4v) is 4.97. The summed E-state index contributed by atoms with van der Waals surface area (Å²) < 4.78 is 1.66. The second kappa shape index (κ2) is 7.00. The van der Waals surface area contributed by atoms with E-state index in [1.165, 1.54) is 11.3 Å². The maximum absolute atomic E-state index is 10.3. The molecule has 0 aliphatic rings. The number of hydrogen-bond acceptors (Lipinski definition) is 7. The first kappa shape index (κ1) is 17.1. The van der Waals surface area contributed by atoms with Crippen molar-refractivity contribution >= 4 is 66.1 Å². The van der Waals surface area contributed by atoms with E-state index in [-0.39, 0.29) is 6.04 Å². The molecule has 0 saturated heterocycles. The Bertz CT molecular complexity index is 822. The number of halogens is 2. The Hall–Kier alpha value is -0.770. The lowest BCUT2D eigenvalue weighted by atomic mass is 10.1. The van der Waals surface area contributed by atoms with E-state index in [0.717, 1.165) is 30.3 Å². The third kappa shape index (κ3) is 3.52. The summed E-state index contributed by atoms with van der Waals surface area (Å²) in [6.07, 6.45) is 1.02. The van der Waals surface area contributed by atoms with Gasteiger partial charge in [0.05, 0.1) is 31.8 Å². The predicted molar refractivity (Wildman–Crippen MR) is 100 cm³/mol. The molecule has 0 aliphatic carbocycles. The van der Waals surface area contributed by atoms with Gasteiger partial charge < -0.3 is 16.2 Å². The van der Waals surface area contributed by atoms with E-state index in [0.29, 0.717) is 11.7 Å². The van der Waals surface area contributed by atoms with E-state index < -0.39 is 6.10 Å². The lowest BCUT2D eigenvalue weighted by Gasteiger charge is -2.12. The SMILES string of the molecule is C[C@H](N)C(O)c1sc2c(NCc3nccs3)cc(Cl)nc2c1Br. The molecule has 23 heavy (non-hydrogen) atoms. The van der Waals surface area contributed by atoms with E-state index in [1.54, 1.807) is 30.5 Å². The van der Waals surface area contributed by atoms with Crippen molar-refractivity contribution in [2.45, 2.75) is 25.6 Å². The normalized spacial score (nSPS) is 14.1. The summed E-state index contributed by atoms with van der Waals surface area (Å²) in [7, 11) is 0. The molecule has 9 heteroatoms. The number of aliphatic hydroxyl groups is 1. The van der Waals surface area contributed by atoms with Gasteiger partial charge >= 0.3 is 0 Å². The minimum atomic E-state index is -0.755. The van der Waals surface area contributed by atoms with Crippen LogP contribution in [0.1, 0.15) is 22.9 Å². The van der Waals surface area contributed by atoms with Gasteiger partial charge in [-0.1, -0.05) is 11.6 Å². The molecule has 122 valence electrons. The van der Waals surface area contributed by atoms with Crippen LogP contribution >= 0.6 is 50.2 Å². The van der Waals surface area contributed by atoms with Crippen LogP contribution in [0.2, 0.25) is 5.15 Å². The van der Waals surface area contributed by atoms with Gasteiger partial charge in [0, 0.05) is 23.7 Å². The molecular formula is C14H14BrClN4OS2. The van der Waals surface area contributed by atoms with Crippen LogP contribution in [-0.2, 0) is 6.54 Å².